The number of benzene rings is 2. The van der Waals surface area contributed by atoms with Crippen LogP contribution in [0.2, 0.25) is 5.02 Å². The summed E-state index contributed by atoms with van der Waals surface area (Å²) < 4.78 is 24.5. The first-order valence-corrected chi connectivity index (χ1v) is 6.81. The van der Waals surface area contributed by atoms with Crippen LogP contribution in [0.15, 0.2) is 36.4 Å². The van der Waals surface area contributed by atoms with Crippen LogP contribution in [0.1, 0.15) is 24.2 Å². The molecule has 0 bridgehead atoms. The van der Waals surface area contributed by atoms with Crippen molar-refractivity contribution in [1.82, 2.24) is 0 Å². The molecule has 0 aliphatic rings. The first-order chi connectivity index (χ1) is 10.0. The molecule has 2 rings (SSSR count). The number of ether oxygens (including phenoxy) is 2. The van der Waals surface area contributed by atoms with E-state index < -0.39 is 11.9 Å². The molecule has 0 heterocycles. The first-order valence-electron chi connectivity index (χ1n) is 6.44. The largest absolute Gasteiger partial charge is 0.496 e. The normalized spacial score (nSPS) is 12.0. The molecule has 0 amide bonds. The molecule has 2 aromatic carbocycles. The van der Waals surface area contributed by atoms with Gasteiger partial charge >= 0.3 is 0 Å². The van der Waals surface area contributed by atoms with E-state index in [-0.39, 0.29) is 12.4 Å². The standard InChI is InChI=1S/C16H16ClFO3/c1-10(19)11-3-5-16(14(18)8-11)21-9-12-7-13(17)4-6-15(12)20-2/h3-8,10,19H,9H2,1-2H3/t10-/m0/s1. The highest BCUT2D eigenvalue weighted by atomic mass is 35.5. The number of hydrogen-bond donors (Lipinski definition) is 1. The summed E-state index contributed by atoms with van der Waals surface area (Å²) in [7, 11) is 1.55. The predicted molar refractivity (Wildman–Crippen MR) is 79.4 cm³/mol. The fourth-order valence-corrected chi connectivity index (χ4v) is 2.10. The fourth-order valence-electron chi connectivity index (χ4n) is 1.91. The van der Waals surface area contributed by atoms with E-state index in [9.17, 15) is 9.50 Å². The molecule has 112 valence electrons. The number of hydrogen-bond acceptors (Lipinski definition) is 3. The van der Waals surface area contributed by atoms with Gasteiger partial charge in [0.25, 0.3) is 0 Å². The summed E-state index contributed by atoms with van der Waals surface area (Å²) in [6.45, 7) is 1.71. The maximum Gasteiger partial charge on any atom is 0.165 e. The molecule has 21 heavy (non-hydrogen) atoms. The van der Waals surface area contributed by atoms with Crippen molar-refractivity contribution in [2.45, 2.75) is 19.6 Å². The Balaban J connectivity index is 2.15. The van der Waals surface area contributed by atoms with Gasteiger partial charge in [-0.1, -0.05) is 17.7 Å². The number of methoxy groups -OCH3 is 1. The lowest BCUT2D eigenvalue weighted by atomic mass is 10.1. The van der Waals surface area contributed by atoms with Gasteiger partial charge in [-0.3, -0.25) is 0 Å². The maximum atomic E-state index is 13.9. The van der Waals surface area contributed by atoms with Gasteiger partial charge in [0.15, 0.2) is 11.6 Å². The second-order valence-corrected chi connectivity index (χ2v) is 5.05. The van der Waals surface area contributed by atoms with Gasteiger partial charge in [0.2, 0.25) is 0 Å². The van der Waals surface area contributed by atoms with Crippen LogP contribution in [0.4, 0.5) is 4.39 Å². The van der Waals surface area contributed by atoms with Crippen molar-refractivity contribution in [2.75, 3.05) is 7.11 Å². The Bertz CT molecular complexity index is 629. The predicted octanol–water partition coefficient (Wildman–Crippen LogP) is 4.12. The molecule has 0 fully saturated rings. The van der Waals surface area contributed by atoms with Crippen LogP contribution in [0.25, 0.3) is 0 Å². The highest BCUT2D eigenvalue weighted by Crippen LogP contribution is 2.26. The molecular formula is C16H16ClFO3. The Kier molecular flexibility index (Phi) is 5.04. The zero-order chi connectivity index (χ0) is 15.4. The Labute approximate surface area is 127 Å². The van der Waals surface area contributed by atoms with Crippen LogP contribution >= 0.6 is 11.6 Å². The van der Waals surface area contributed by atoms with E-state index in [1.807, 2.05) is 0 Å². The molecule has 0 aliphatic carbocycles. The lowest BCUT2D eigenvalue weighted by molar-refractivity contribution is 0.198. The van der Waals surface area contributed by atoms with E-state index in [0.717, 1.165) is 5.56 Å². The molecule has 2 aromatic rings. The van der Waals surface area contributed by atoms with Crippen molar-refractivity contribution < 1.29 is 19.0 Å². The van der Waals surface area contributed by atoms with Crippen molar-refractivity contribution >= 4 is 11.6 Å². The van der Waals surface area contributed by atoms with Gasteiger partial charge in [0.05, 0.1) is 13.2 Å². The quantitative estimate of drug-likeness (QED) is 0.903. The summed E-state index contributed by atoms with van der Waals surface area (Å²) in [4.78, 5) is 0. The number of aliphatic hydroxyl groups excluding tert-OH is 1. The third kappa shape index (κ3) is 3.86. The molecule has 0 unspecified atom stereocenters. The van der Waals surface area contributed by atoms with Crippen LogP contribution in [-0.2, 0) is 6.61 Å². The highest BCUT2D eigenvalue weighted by Gasteiger charge is 2.10. The molecule has 1 atom stereocenters. The maximum absolute atomic E-state index is 13.9. The van der Waals surface area contributed by atoms with E-state index in [0.29, 0.717) is 16.3 Å². The topological polar surface area (TPSA) is 38.7 Å². The van der Waals surface area contributed by atoms with Crippen molar-refractivity contribution in [2.24, 2.45) is 0 Å². The average Bonchev–Trinajstić information content (AvgIpc) is 2.46. The summed E-state index contributed by atoms with van der Waals surface area (Å²) >= 11 is 5.93. The summed E-state index contributed by atoms with van der Waals surface area (Å²) in [6.07, 6.45) is -0.721. The summed E-state index contributed by atoms with van der Waals surface area (Å²) in [5.74, 6) is 0.219. The minimum absolute atomic E-state index is 0.112. The Morgan fingerprint density at radius 2 is 1.90 bits per heavy atom. The monoisotopic (exact) mass is 310 g/mol. The van der Waals surface area contributed by atoms with Crippen molar-refractivity contribution in [1.29, 1.82) is 0 Å². The fraction of sp³-hybridized carbons (Fsp3) is 0.250. The van der Waals surface area contributed by atoms with Crippen LogP contribution in [-0.4, -0.2) is 12.2 Å². The third-order valence-corrected chi connectivity index (χ3v) is 3.30. The van der Waals surface area contributed by atoms with Gasteiger partial charge in [-0.15, -0.1) is 0 Å². The Hall–Kier alpha value is -1.78. The third-order valence-electron chi connectivity index (χ3n) is 3.06. The van der Waals surface area contributed by atoms with Crippen molar-refractivity contribution in [3.8, 4) is 11.5 Å². The molecule has 5 heteroatoms. The molecule has 0 saturated carbocycles. The second kappa shape index (κ2) is 6.78. The molecule has 1 N–H and O–H groups in total. The van der Waals surface area contributed by atoms with Gasteiger partial charge in [-0.25, -0.2) is 4.39 Å². The lowest BCUT2D eigenvalue weighted by Crippen LogP contribution is -2.01. The summed E-state index contributed by atoms with van der Waals surface area (Å²) in [5.41, 5.74) is 1.23. The molecule has 0 spiro atoms. The lowest BCUT2D eigenvalue weighted by Gasteiger charge is -2.12. The van der Waals surface area contributed by atoms with E-state index in [4.69, 9.17) is 21.1 Å². The number of halogens is 2. The van der Waals surface area contributed by atoms with Crippen LogP contribution in [0.5, 0.6) is 11.5 Å². The van der Waals surface area contributed by atoms with Crippen molar-refractivity contribution in [3.63, 3.8) is 0 Å². The van der Waals surface area contributed by atoms with E-state index in [1.165, 1.54) is 12.1 Å². The van der Waals surface area contributed by atoms with Gasteiger partial charge in [-0.05, 0) is 42.8 Å². The molecule has 0 aromatic heterocycles. The SMILES string of the molecule is COc1ccc(Cl)cc1COc1ccc([C@H](C)O)cc1F. The van der Waals surface area contributed by atoms with E-state index >= 15 is 0 Å². The first kappa shape index (κ1) is 15.6. The zero-order valence-electron chi connectivity index (χ0n) is 11.8. The van der Waals surface area contributed by atoms with Crippen LogP contribution in [0.3, 0.4) is 0 Å². The van der Waals surface area contributed by atoms with Crippen molar-refractivity contribution in [3.05, 3.63) is 58.4 Å². The molecule has 0 radical (unpaired) electrons. The zero-order valence-corrected chi connectivity index (χ0v) is 12.5. The number of rotatable bonds is 5. The molecule has 3 nitrogen and oxygen atoms in total. The summed E-state index contributed by atoms with van der Waals surface area (Å²) in [6, 6.07) is 9.53. The average molecular weight is 311 g/mol. The minimum atomic E-state index is -0.721. The van der Waals surface area contributed by atoms with E-state index in [2.05, 4.69) is 0 Å². The van der Waals surface area contributed by atoms with Gasteiger partial charge < -0.3 is 14.6 Å². The Morgan fingerprint density at radius 3 is 2.52 bits per heavy atom. The van der Waals surface area contributed by atoms with Crippen LogP contribution < -0.4 is 9.47 Å². The Morgan fingerprint density at radius 1 is 1.19 bits per heavy atom. The van der Waals surface area contributed by atoms with Gasteiger partial charge in [0, 0.05) is 10.6 Å². The van der Waals surface area contributed by atoms with E-state index in [1.54, 1.807) is 38.3 Å². The minimum Gasteiger partial charge on any atom is -0.496 e. The van der Waals surface area contributed by atoms with Crippen LogP contribution in [0, 0.1) is 5.82 Å². The van der Waals surface area contributed by atoms with Gasteiger partial charge in [0.1, 0.15) is 12.4 Å². The molecular weight excluding hydrogens is 295 g/mol. The molecule has 0 aliphatic heterocycles. The van der Waals surface area contributed by atoms with Gasteiger partial charge in [-0.2, -0.15) is 0 Å². The highest BCUT2D eigenvalue weighted by molar-refractivity contribution is 6.30. The smallest absolute Gasteiger partial charge is 0.165 e. The molecule has 0 saturated heterocycles. The second-order valence-electron chi connectivity index (χ2n) is 4.61. The number of aliphatic hydroxyl groups is 1. The summed E-state index contributed by atoms with van der Waals surface area (Å²) in [5, 5.41) is 9.96.